The van der Waals surface area contributed by atoms with Crippen molar-refractivity contribution in [1.29, 1.82) is 0 Å². The molecule has 9 nitrogen and oxygen atoms in total. The zero-order valence-corrected chi connectivity index (χ0v) is 24.2. The van der Waals surface area contributed by atoms with Crippen molar-refractivity contribution < 1.29 is 4.79 Å². The van der Waals surface area contributed by atoms with Crippen molar-refractivity contribution >= 4 is 22.6 Å². The summed E-state index contributed by atoms with van der Waals surface area (Å²) in [5, 5.41) is 8.70. The number of piperidine rings is 1. The molecule has 7 rings (SSSR count). The Morgan fingerprint density at radius 3 is 2.58 bits per heavy atom. The molecule has 2 aromatic carbocycles. The monoisotopic (exact) mass is 570 g/mol. The number of aromatic amines is 1. The molecule has 0 atom stereocenters. The predicted molar refractivity (Wildman–Crippen MR) is 167 cm³/mol. The molecule has 0 saturated carbocycles. The Hall–Kier alpha value is -4.89. The van der Waals surface area contributed by atoms with E-state index in [4.69, 9.17) is 4.98 Å². The number of rotatable bonds is 8. The average Bonchev–Trinajstić information content (AvgIpc) is 3.71. The van der Waals surface area contributed by atoms with Crippen LogP contribution >= 0.6 is 0 Å². The molecular weight excluding hydrogens is 536 g/mol. The van der Waals surface area contributed by atoms with Crippen LogP contribution in [0.2, 0.25) is 0 Å². The molecule has 1 aliphatic heterocycles. The number of aryl methyl sites for hydroxylation is 1. The molecule has 5 heterocycles. The third-order valence-electron chi connectivity index (χ3n) is 8.31. The Morgan fingerprint density at radius 2 is 1.81 bits per heavy atom. The van der Waals surface area contributed by atoms with Crippen LogP contribution in [0, 0.1) is 12.8 Å². The molecule has 43 heavy (non-hydrogen) atoms. The van der Waals surface area contributed by atoms with Crippen LogP contribution in [0.4, 0.5) is 0 Å². The normalized spacial score (nSPS) is 14.4. The minimum absolute atomic E-state index is 0.0796. The molecule has 216 valence electrons. The van der Waals surface area contributed by atoms with Crippen LogP contribution in [0.15, 0.2) is 85.5 Å². The number of carbonyl (C=O) groups excluding carboxylic acids is 1. The van der Waals surface area contributed by atoms with E-state index in [1.54, 1.807) is 12.5 Å². The van der Waals surface area contributed by atoms with Crippen molar-refractivity contribution in [3.8, 4) is 22.4 Å². The van der Waals surface area contributed by atoms with Gasteiger partial charge in [0.25, 0.3) is 0 Å². The van der Waals surface area contributed by atoms with Gasteiger partial charge in [0.15, 0.2) is 11.3 Å². The minimum atomic E-state index is 0.0796. The van der Waals surface area contributed by atoms with E-state index in [0.29, 0.717) is 6.54 Å². The molecule has 1 saturated heterocycles. The summed E-state index contributed by atoms with van der Waals surface area (Å²) in [6, 6.07) is 23.3. The van der Waals surface area contributed by atoms with Crippen molar-refractivity contribution in [3.63, 3.8) is 0 Å². The number of fused-ring (bicyclic) bond motifs is 3. The number of nitrogens with zero attached hydrogens (tertiary/aromatic N) is 6. The van der Waals surface area contributed by atoms with E-state index < -0.39 is 0 Å². The molecule has 1 fully saturated rings. The largest absolute Gasteiger partial charge is 0.355 e. The lowest BCUT2D eigenvalue weighted by Gasteiger charge is -2.31. The Bertz CT molecular complexity index is 1850. The number of amides is 1. The fourth-order valence-corrected chi connectivity index (χ4v) is 5.98. The van der Waals surface area contributed by atoms with Crippen LogP contribution in [-0.2, 0) is 17.8 Å². The summed E-state index contributed by atoms with van der Waals surface area (Å²) in [5.41, 5.74) is 8.95. The quantitative estimate of drug-likeness (QED) is 0.260. The highest BCUT2D eigenvalue weighted by Gasteiger charge is 2.25. The first kappa shape index (κ1) is 27.0. The minimum Gasteiger partial charge on any atom is -0.355 e. The Kier molecular flexibility index (Phi) is 7.39. The maximum atomic E-state index is 12.7. The summed E-state index contributed by atoms with van der Waals surface area (Å²) >= 11 is 0. The van der Waals surface area contributed by atoms with Gasteiger partial charge in [-0.1, -0.05) is 54.6 Å². The number of nitrogens with one attached hydrogen (secondary N) is 2. The zero-order valence-electron chi connectivity index (χ0n) is 24.2. The van der Waals surface area contributed by atoms with Crippen molar-refractivity contribution in [3.05, 3.63) is 102 Å². The highest BCUT2D eigenvalue weighted by atomic mass is 16.1. The Morgan fingerprint density at radius 1 is 1.00 bits per heavy atom. The summed E-state index contributed by atoms with van der Waals surface area (Å²) < 4.78 is 1.83. The van der Waals surface area contributed by atoms with Gasteiger partial charge in [0.2, 0.25) is 5.91 Å². The first-order valence-corrected chi connectivity index (χ1v) is 14.9. The smallest absolute Gasteiger partial charge is 0.223 e. The van der Waals surface area contributed by atoms with Gasteiger partial charge in [0, 0.05) is 66.1 Å². The number of H-pyrrole nitrogens is 1. The van der Waals surface area contributed by atoms with E-state index in [9.17, 15) is 4.79 Å². The molecule has 1 amide bonds. The van der Waals surface area contributed by atoms with E-state index in [0.717, 1.165) is 89.3 Å². The summed E-state index contributed by atoms with van der Waals surface area (Å²) in [5.74, 6) is 0.245. The number of benzene rings is 2. The fraction of sp³-hybridized carbons (Fsp3) is 0.265. The fourth-order valence-electron chi connectivity index (χ4n) is 5.98. The number of aromatic nitrogens is 6. The van der Waals surface area contributed by atoms with E-state index in [1.165, 1.54) is 5.56 Å². The standard InChI is InChI=1S/C34H34N8O/c1-23-17-31-37-19-28-18-30(25-5-3-2-4-6-25)32(39-33(28)42(31)40-23)26-9-7-24(8-10-26)21-41-15-12-27(13-16-41)34(43)36-14-11-29-20-35-22-38-29/h2-10,17-20,22,27H,11-16,21H2,1H3,(H,35,38)(H,36,43). The van der Waals surface area contributed by atoms with Crippen molar-refractivity contribution in [2.75, 3.05) is 19.6 Å². The van der Waals surface area contributed by atoms with Gasteiger partial charge < -0.3 is 10.3 Å². The number of hydrogen-bond acceptors (Lipinski definition) is 6. The number of hydrogen-bond donors (Lipinski definition) is 2. The van der Waals surface area contributed by atoms with Gasteiger partial charge in [-0.15, -0.1) is 0 Å². The maximum Gasteiger partial charge on any atom is 0.223 e. The first-order valence-electron chi connectivity index (χ1n) is 14.9. The summed E-state index contributed by atoms with van der Waals surface area (Å²) in [4.78, 5) is 32.0. The average molecular weight is 571 g/mol. The van der Waals surface area contributed by atoms with Gasteiger partial charge in [0.05, 0.1) is 17.7 Å². The number of likely N-dealkylation sites (tertiary alicyclic amines) is 1. The third-order valence-corrected chi connectivity index (χ3v) is 8.31. The summed E-state index contributed by atoms with van der Waals surface area (Å²) in [7, 11) is 0. The van der Waals surface area contributed by atoms with Crippen LogP contribution < -0.4 is 5.32 Å². The molecule has 0 spiro atoms. The van der Waals surface area contributed by atoms with Gasteiger partial charge >= 0.3 is 0 Å². The summed E-state index contributed by atoms with van der Waals surface area (Å²) in [6.45, 7) is 5.30. The van der Waals surface area contributed by atoms with E-state index >= 15 is 0 Å². The zero-order chi connectivity index (χ0) is 29.2. The molecule has 9 heteroatoms. The van der Waals surface area contributed by atoms with Gasteiger partial charge in [-0.25, -0.2) is 15.0 Å². The van der Waals surface area contributed by atoms with Crippen LogP contribution in [0.3, 0.4) is 0 Å². The second-order valence-electron chi connectivity index (χ2n) is 11.3. The molecule has 0 unspecified atom stereocenters. The van der Waals surface area contributed by atoms with E-state index in [1.807, 2.05) is 29.8 Å². The maximum absolute atomic E-state index is 12.7. The van der Waals surface area contributed by atoms with Crippen LogP contribution in [-0.4, -0.2) is 60.0 Å². The lowest BCUT2D eigenvalue weighted by atomic mass is 9.95. The molecule has 0 bridgehead atoms. The first-order chi connectivity index (χ1) is 21.1. The van der Waals surface area contributed by atoms with Crippen LogP contribution in [0.5, 0.6) is 0 Å². The van der Waals surface area contributed by atoms with Crippen molar-refractivity contribution in [2.24, 2.45) is 5.92 Å². The Balaban J connectivity index is 1.06. The number of pyridine rings is 1. The number of carbonyl (C=O) groups is 1. The third kappa shape index (κ3) is 5.76. The highest BCUT2D eigenvalue weighted by molar-refractivity contribution is 5.90. The van der Waals surface area contributed by atoms with Crippen molar-refractivity contribution in [1.82, 2.24) is 39.8 Å². The topological polar surface area (TPSA) is 104 Å². The van der Waals surface area contributed by atoms with Gasteiger partial charge in [-0.3, -0.25) is 9.69 Å². The van der Waals surface area contributed by atoms with E-state index in [-0.39, 0.29) is 11.8 Å². The molecule has 2 N–H and O–H groups in total. The molecule has 6 aromatic rings. The van der Waals surface area contributed by atoms with Gasteiger partial charge in [0.1, 0.15) is 0 Å². The number of imidazole rings is 1. The molecule has 0 aliphatic carbocycles. The molecule has 0 radical (unpaired) electrons. The lowest BCUT2D eigenvalue weighted by molar-refractivity contribution is -0.126. The second kappa shape index (κ2) is 11.8. The molecular formula is C34H34N8O. The molecule has 4 aromatic heterocycles. The van der Waals surface area contributed by atoms with Gasteiger partial charge in [-0.2, -0.15) is 9.61 Å². The highest BCUT2D eigenvalue weighted by Crippen LogP contribution is 2.34. The van der Waals surface area contributed by atoms with Crippen LogP contribution in [0.25, 0.3) is 39.1 Å². The molecule has 1 aliphatic rings. The van der Waals surface area contributed by atoms with Crippen molar-refractivity contribution in [2.45, 2.75) is 32.7 Å². The second-order valence-corrected chi connectivity index (χ2v) is 11.3. The van der Waals surface area contributed by atoms with E-state index in [2.05, 4.69) is 84.9 Å². The predicted octanol–water partition coefficient (Wildman–Crippen LogP) is 5.21. The Labute approximate surface area is 250 Å². The SMILES string of the molecule is Cc1cc2ncc3cc(-c4ccccc4)c(-c4ccc(CN5CCC(C(=O)NCCc6cnc[nH]6)CC5)cc4)nc3n2n1. The summed E-state index contributed by atoms with van der Waals surface area (Å²) in [6.07, 6.45) is 7.88. The lowest BCUT2D eigenvalue weighted by Crippen LogP contribution is -2.40. The van der Waals surface area contributed by atoms with Gasteiger partial charge in [-0.05, 0) is 50.0 Å². The van der Waals surface area contributed by atoms with Crippen LogP contribution in [0.1, 0.15) is 29.8 Å².